The van der Waals surface area contributed by atoms with E-state index in [0.29, 0.717) is 11.8 Å². The van der Waals surface area contributed by atoms with Crippen molar-refractivity contribution in [2.45, 2.75) is 13.3 Å². The molecule has 0 aromatic carbocycles. The average molecular weight is 297 g/mol. The van der Waals surface area contributed by atoms with Gasteiger partial charge in [0.15, 0.2) is 0 Å². The maximum atomic E-state index is 5.55. The van der Waals surface area contributed by atoms with Crippen LogP contribution in [-0.4, -0.2) is 28.3 Å². The van der Waals surface area contributed by atoms with Gasteiger partial charge in [0.1, 0.15) is 0 Å². The van der Waals surface area contributed by atoms with Gasteiger partial charge in [-0.05, 0) is 28.5 Å². The van der Waals surface area contributed by atoms with E-state index in [1.807, 2.05) is 6.07 Å². The van der Waals surface area contributed by atoms with Gasteiger partial charge < -0.3 is 9.73 Å². The van der Waals surface area contributed by atoms with Gasteiger partial charge in [-0.2, -0.15) is 0 Å². The molecule has 0 bridgehead atoms. The molecule has 0 saturated carbocycles. The molecule has 0 saturated heterocycles. The molecule has 0 aliphatic carbocycles. The number of likely N-dealkylation sites (N-methyl/N-ethyl adjacent to an activating group) is 1. The third-order valence-electron chi connectivity index (χ3n) is 2.18. The van der Waals surface area contributed by atoms with Gasteiger partial charge in [-0.3, -0.25) is 4.98 Å². The minimum absolute atomic E-state index is 0.505. The maximum absolute atomic E-state index is 5.55. The third-order valence-corrected chi connectivity index (χ3v) is 2.62. The molecule has 1 N–H and O–H groups in total. The summed E-state index contributed by atoms with van der Waals surface area (Å²) in [6, 6.07) is 1.90. The summed E-state index contributed by atoms with van der Waals surface area (Å²) in [5.74, 6) is 1.14. The van der Waals surface area contributed by atoms with Gasteiger partial charge in [0.2, 0.25) is 11.8 Å². The molecule has 0 unspecified atom stereocenters. The summed E-state index contributed by atoms with van der Waals surface area (Å²) < 4.78 is 6.44. The Labute approximate surface area is 108 Å². The predicted molar refractivity (Wildman–Crippen MR) is 67.5 cm³/mol. The third kappa shape index (κ3) is 3.34. The molecule has 5 nitrogen and oxygen atoms in total. The molecule has 0 aliphatic rings. The van der Waals surface area contributed by atoms with Crippen LogP contribution in [0.4, 0.5) is 0 Å². The molecule has 0 fully saturated rings. The predicted octanol–water partition coefficient (Wildman–Crippen LogP) is 2.05. The fraction of sp³-hybridized carbons (Fsp3) is 0.364. The van der Waals surface area contributed by atoms with E-state index in [0.717, 1.165) is 29.5 Å². The molecule has 0 radical (unpaired) electrons. The summed E-state index contributed by atoms with van der Waals surface area (Å²) in [6.07, 6.45) is 4.15. The molecule has 2 aromatic heterocycles. The second-order valence-electron chi connectivity index (χ2n) is 3.50. The molecular weight excluding hydrogens is 284 g/mol. The largest absolute Gasteiger partial charge is 0.421 e. The van der Waals surface area contributed by atoms with Crippen LogP contribution in [0.1, 0.15) is 12.8 Å². The van der Waals surface area contributed by atoms with Crippen molar-refractivity contribution in [3.8, 4) is 11.5 Å². The second-order valence-corrected chi connectivity index (χ2v) is 4.41. The SMILES string of the molecule is CCNCCc1nnc(-c2cncc(Br)c2)o1. The fourth-order valence-electron chi connectivity index (χ4n) is 1.37. The second kappa shape index (κ2) is 5.88. The summed E-state index contributed by atoms with van der Waals surface area (Å²) in [5.41, 5.74) is 0.821. The van der Waals surface area contributed by atoms with Gasteiger partial charge in [-0.15, -0.1) is 10.2 Å². The van der Waals surface area contributed by atoms with Gasteiger partial charge >= 0.3 is 0 Å². The van der Waals surface area contributed by atoms with Crippen LogP contribution in [0.3, 0.4) is 0 Å². The topological polar surface area (TPSA) is 63.8 Å². The molecule has 0 aliphatic heterocycles. The Kier molecular flexibility index (Phi) is 4.22. The van der Waals surface area contributed by atoms with Crippen molar-refractivity contribution in [2.24, 2.45) is 0 Å². The van der Waals surface area contributed by atoms with E-state index in [1.54, 1.807) is 12.4 Å². The standard InChI is InChI=1S/C11H13BrN4O/c1-2-13-4-3-10-15-16-11(17-10)8-5-9(12)7-14-6-8/h5-7,13H,2-4H2,1H3. The molecule has 90 valence electrons. The first-order valence-corrected chi connectivity index (χ1v) is 6.23. The number of hydrogen-bond acceptors (Lipinski definition) is 5. The first kappa shape index (κ1) is 12.2. The first-order chi connectivity index (χ1) is 8.29. The van der Waals surface area contributed by atoms with Crippen molar-refractivity contribution in [3.63, 3.8) is 0 Å². The fourth-order valence-corrected chi connectivity index (χ4v) is 1.74. The lowest BCUT2D eigenvalue weighted by Gasteiger charge is -1.96. The number of rotatable bonds is 5. The number of nitrogens with zero attached hydrogens (tertiary/aromatic N) is 3. The van der Waals surface area contributed by atoms with E-state index in [9.17, 15) is 0 Å². The Morgan fingerprint density at radius 2 is 2.24 bits per heavy atom. The van der Waals surface area contributed by atoms with Crippen LogP contribution in [-0.2, 0) is 6.42 Å². The Hall–Kier alpha value is -1.27. The molecule has 0 spiro atoms. The number of halogens is 1. The molecule has 2 rings (SSSR count). The van der Waals surface area contributed by atoms with Crippen LogP contribution in [0.15, 0.2) is 27.3 Å². The molecule has 0 amide bonds. The normalized spacial score (nSPS) is 10.7. The molecule has 0 atom stereocenters. The van der Waals surface area contributed by atoms with E-state index in [4.69, 9.17) is 4.42 Å². The lowest BCUT2D eigenvalue weighted by atomic mass is 10.3. The van der Waals surface area contributed by atoms with Crippen LogP contribution in [0.2, 0.25) is 0 Å². The van der Waals surface area contributed by atoms with Crippen LogP contribution >= 0.6 is 15.9 Å². The van der Waals surface area contributed by atoms with E-state index >= 15 is 0 Å². The number of aromatic nitrogens is 3. The first-order valence-electron chi connectivity index (χ1n) is 5.43. The summed E-state index contributed by atoms with van der Waals surface area (Å²) in [7, 11) is 0. The van der Waals surface area contributed by atoms with Gasteiger partial charge in [0.05, 0.1) is 5.56 Å². The highest BCUT2D eigenvalue weighted by Gasteiger charge is 2.08. The molecular formula is C11H13BrN4O. The minimum Gasteiger partial charge on any atom is -0.421 e. The van der Waals surface area contributed by atoms with Crippen LogP contribution in [0.5, 0.6) is 0 Å². The van der Waals surface area contributed by atoms with Crippen LogP contribution in [0, 0.1) is 0 Å². The van der Waals surface area contributed by atoms with E-state index in [1.165, 1.54) is 0 Å². The van der Waals surface area contributed by atoms with Gasteiger partial charge in [0.25, 0.3) is 0 Å². The van der Waals surface area contributed by atoms with Crippen LogP contribution < -0.4 is 5.32 Å². The molecule has 2 aromatic rings. The zero-order valence-corrected chi connectivity index (χ0v) is 11.1. The van der Waals surface area contributed by atoms with Gasteiger partial charge in [0, 0.05) is 29.8 Å². The smallest absolute Gasteiger partial charge is 0.249 e. The summed E-state index contributed by atoms with van der Waals surface area (Å²) >= 11 is 3.36. The van der Waals surface area contributed by atoms with Crippen molar-refractivity contribution in [3.05, 3.63) is 28.8 Å². The Balaban J connectivity index is 2.07. The van der Waals surface area contributed by atoms with Crippen LogP contribution in [0.25, 0.3) is 11.5 Å². The Bertz CT molecular complexity index is 486. The number of nitrogens with one attached hydrogen (secondary N) is 1. The Morgan fingerprint density at radius 3 is 3.00 bits per heavy atom. The van der Waals surface area contributed by atoms with Crippen molar-refractivity contribution < 1.29 is 4.42 Å². The molecule has 6 heteroatoms. The summed E-state index contributed by atoms with van der Waals surface area (Å²) in [6.45, 7) is 3.85. The van der Waals surface area contributed by atoms with Gasteiger partial charge in [-0.25, -0.2) is 0 Å². The zero-order chi connectivity index (χ0) is 12.1. The number of pyridine rings is 1. The Morgan fingerprint density at radius 1 is 1.35 bits per heavy atom. The lowest BCUT2D eigenvalue weighted by molar-refractivity contribution is 0.496. The number of hydrogen-bond donors (Lipinski definition) is 1. The average Bonchev–Trinajstić information content (AvgIpc) is 2.78. The highest BCUT2D eigenvalue weighted by Crippen LogP contribution is 2.20. The van der Waals surface area contributed by atoms with Crippen molar-refractivity contribution >= 4 is 15.9 Å². The van der Waals surface area contributed by atoms with Crippen molar-refractivity contribution in [1.82, 2.24) is 20.5 Å². The quantitative estimate of drug-likeness (QED) is 0.856. The van der Waals surface area contributed by atoms with E-state index in [2.05, 4.69) is 43.4 Å². The highest BCUT2D eigenvalue weighted by atomic mass is 79.9. The maximum Gasteiger partial charge on any atom is 0.249 e. The minimum atomic E-state index is 0.505. The monoisotopic (exact) mass is 296 g/mol. The van der Waals surface area contributed by atoms with E-state index in [-0.39, 0.29) is 0 Å². The van der Waals surface area contributed by atoms with Crippen molar-refractivity contribution in [2.75, 3.05) is 13.1 Å². The van der Waals surface area contributed by atoms with Crippen molar-refractivity contribution in [1.29, 1.82) is 0 Å². The summed E-state index contributed by atoms with van der Waals surface area (Å²) in [5, 5.41) is 11.2. The zero-order valence-electron chi connectivity index (χ0n) is 9.48. The van der Waals surface area contributed by atoms with Gasteiger partial charge in [-0.1, -0.05) is 6.92 Å². The molecule has 2 heterocycles. The summed E-state index contributed by atoms with van der Waals surface area (Å²) in [4.78, 5) is 4.06. The highest BCUT2D eigenvalue weighted by molar-refractivity contribution is 9.10. The molecule has 17 heavy (non-hydrogen) atoms. The lowest BCUT2D eigenvalue weighted by Crippen LogP contribution is -2.16. The van der Waals surface area contributed by atoms with E-state index < -0.39 is 0 Å².